The minimum absolute atomic E-state index is 0.0423. The molecule has 10 heteroatoms. The largest absolute Gasteiger partial charge is 0.284 e. The number of non-ortho nitro benzene ring substituents is 1. The second-order valence-corrected chi connectivity index (χ2v) is 5.32. The first-order chi connectivity index (χ1) is 9.44. The van der Waals surface area contributed by atoms with Gasteiger partial charge in [-0.05, 0) is 6.07 Å². The summed E-state index contributed by atoms with van der Waals surface area (Å²) < 4.78 is 26.0. The molecule has 9 nitrogen and oxygen atoms in total. The third kappa shape index (κ3) is 2.57. The van der Waals surface area contributed by atoms with Crippen LogP contribution < -0.4 is 4.72 Å². The number of anilines is 1. The maximum absolute atomic E-state index is 11.9. The Morgan fingerprint density at radius 2 is 2.20 bits per heavy atom. The zero-order valence-corrected chi connectivity index (χ0v) is 10.6. The zero-order chi connectivity index (χ0) is 14.8. The van der Waals surface area contributed by atoms with Crippen LogP contribution in [0, 0.1) is 21.4 Å². The summed E-state index contributed by atoms with van der Waals surface area (Å²) in [7, 11) is -3.90. The van der Waals surface area contributed by atoms with E-state index in [4.69, 9.17) is 5.26 Å². The zero-order valence-electron chi connectivity index (χ0n) is 9.77. The Morgan fingerprint density at radius 3 is 2.75 bits per heavy atom. The van der Waals surface area contributed by atoms with Gasteiger partial charge in [-0.25, -0.2) is 8.42 Å². The van der Waals surface area contributed by atoms with Gasteiger partial charge in [0.25, 0.3) is 15.7 Å². The Bertz CT molecular complexity index is 792. The molecule has 0 saturated carbocycles. The molecule has 0 unspecified atom stereocenters. The van der Waals surface area contributed by atoms with Gasteiger partial charge >= 0.3 is 0 Å². The molecule has 1 aromatic carbocycles. The van der Waals surface area contributed by atoms with Crippen molar-refractivity contribution < 1.29 is 13.3 Å². The van der Waals surface area contributed by atoms with E-state index in [2.05, 4.69) is 14.9 Å². The monoisotopic (exact) mass is 293 g/mol. The third-order valence-corrected chi connectivity index (χ3v) is 3.69. The van der Waals surface area contributed by atoms with Crippen molar-refractivity contribution in [2.45, 2.75) is 4.90 Å². The van der Waals surface area contributed by atoms with Crippen molar-refractivity contribution in [3.8, 4) is 6.07 Å². The molecule has 2 N–H and O–H groups in total. The first-order valence-corrected chi connectivity index (χ1v) is 6.62. The normalized spacial score (nSPS) is 10.8. The van der Waals surface area contributed by atoms with E-state index in [0.717, 1.165) is 24.4 Å². The smallest absolute Gasteiger partial charge is 0.270 e. The molecule has 1 heterocycles. The van der Waals surface area contributed by atoms with Crippen molar-refractivity contribution in [3.63, 3.8) is 0 Å². The van der Waals surface area contributed by atoms with Crippen molar-refractivity contribution in [1.82, 2.24) is 10.2 Å². The molecule has 0 aliphatic carbocycles. The number of hydrogen-bond donors (Lipinski definition) is 2. The summed E-state index contributed by atoms with van der Waals surface area (Å²) in [6, 6.07) is 4.96. The van der Waals surface area contributed by atoms with Gasteiger partial charge in [-0.1, -0.05) is 0 Å². The number of nitrogens with zero attached hydrogens (tertiary/aromatic N) is 3. The van der Waals surface area contributed by atoms with Crippen LogP contribution in [-0.4, -0.2) is 23.5 Å². The molecule has 0 fully saturated rings. The summed E-state index contributed by atoms with van der Waals surface area (Å²) in [5, 5.41) is 25.4. The highest BCUT2D eigenvalue weighted by molar-refractivity contribution is 7.92. The van der Waals surface area contributed by atoms with E-state index < -0.39 is 14.9 Å². The Labute approximate surface area is 113 Å². The topological polar surface area (TPSA) is 142 Å². The minimum atomic E-state index is -3.90. The van der Waals surface area contributed by atoms with Crippen molar-refractivity contribution in [3.05, 3.63) is 46.3 Å². The molecule has 0 radical (unpaired) electrons. The van der Waals surface area contributed by atoms with E-state index in [1.807, 2.05) is 0 Å². The van der Waals surface area contributed by atoms with E-state index in [9.17, 15) is 18.5 Å². The number of sulfonamides is 1. The van der Waals surface area contributed by atoms with E-state index in [0.29, 0.717) is 0 Å². The summed E-state index contributed by atoms with van der Waals surface area (Å²) >= 11 is 0. The summed E-state index contributed by atoms with van der Waals surface area (Å²) in [5.74, 6) is 0. The van der Waals surface area contributed by atoms with Crippen molar-refractivity contribution >= 4 is 21.4 Å². The molecule has 102 valence electrons. The number of benzene rings is 1. The third-order valence-electron chi connectivity index (χ3n) is 2.36. The molecule has 0 aliphatic rings. The lowest BCUT2D eigenvalue weighted by Gasteiger charge is -2.07. The number of nitrogens with one attached hydrogen (secondary N) is 2. The maximum atomic E-state index is 11.9. The SMILES string of the molecule is N#Cc1cc([N+](=O)[O-])ccc1NS(=O)(=O)c1cn[nH]c1. The van der Waals surface area contributed by atoms with Gasteiger partial charge in [0.1, 0.15) is 11.0 Å². The molecule has 1 aromatic heterocycles. The molecule has 0 atom stereocenters. The number of nitro benzene ring substituents is 1. The van der Waals surface area contributed by atoms with Crippen LogP contribution in [0.1, 0.15) is 5.56 Å². The van der Waals surface area contributed by atoms with Crippen LogP contribution in [0.3, 0.4) is 0 Å². The summed E-state index contributed by atoms with van der Waals surface area (Å²) in [5.41, 5.74) is -0.488. The molecule has 0 aliphatic heterocycles. The predicted octanol–water partition coefficient (Wildman–Crippen LogP) is 0.990. The highest BCUT2D eigenvalue weighted by atomic mass is 32.2. The standard InChI is InChI=1S/C10H7N5O4S/c11-4-7-3-8(15(16)17)1-2-10(7)14-20(18,19)9-5-12-13-6-9/h1-3,5-6,14H,(H,12,13). The predicted molar refractivity (Wildman–Crippen MR) is 67.2 cm³/mol. The lowest BCUT2D eigenvalue weighted by atomic mass is 10.2. The number of nitro groups is 1. The van der Waals surface area contributed by atoms with Gasteiger partial charge in [-0.3, -0.25) is 19.9 Å². The Balaban J connectivity index is 2.40. The molecule has 20 heavy (non-hydrogen) atoms. The molecule has 0 spiro atoms. The molecule has 0 saturated heterocycles. The molecular formula is C10H7N5O4S. The molecular weight excluding hydrogens is 286 g/mol. The second-order valence-electron chi connectivity index (χ2n) is 3.64. The van der Waals surface area contributed by atoms with Crippen LogP contribution in [0.25, 0.3) is 0 Å². The van der Waals surface area contributed by atoms with Crippen molar-refractivity contribution in [2.75, 3.05) is 4.72 Å². The van der Waals surface area contributed by atoms with Crippen LogP contribution in [0.4, 0.5) is 11.4 Å². The average molecular weight is 293 g/mol. The van der Waals surface area contributed by atoms with Gasteiger partial charge in [0.05, 0.1) is 22.4 Å². The van der Waals surface area contributed by atoms with Crippen LogP contribution in [-0.2, 0) is 10.0 Å². The number of hydrogen-bond acceptors (Lipinski definition) is 6. The van der Waals surface area contributed by atoms with Gasteiger partial charge in [-0.2, -0.15) is 10.4 Å². The van der Waals surface area contributed by atoms with E-state index in [1.165, 1.54) is 6.20 Å². The number of H-pyrrole nitrogens is 1. The van der Waals surface area contributed by atoms with Gasteiger partial charge in [-0.15, -0.1) is 0 Å². The van der Waals surface area contributed by atoms with Gasteiger partial charge in [0, 0.05) is 18.3 Å². The fourth-order valence-corrected chi connectivity index (χ4v) is 2.40. The van der Waals surface area contributed by atoms with Crippen LogP contribution in [0.5, 0.6) is 0 Å². The summed E-state index contributed by atoms with van der Waals surface area (Å²) in [6.07, 6.45) is 2.26. The number of aromatic nitrogens is 2. The summed E-state index contributed by atoms with van der Waals surface area (Å²) in [6.45, 7) is 0. The highest BCUT2D eigenvalue weighted by Gasteiger charge is 2.18. The Morgan fingerprint density at radius 1 is 1.45 bits per heavy atom. The lowest BCUT2D eigenvalue weighted by Crippen LogP contribution is -2.13. The van der Waals surface area contributed by atoms with E-state index in [1.54, 1.807) is 6.07 Å². The maximum Gasteiger partial charge on any atom is 0.270 e. The fourth-order valence-electron chi connectivity index (χ4n) is 1.42. The van der Waals surface area contributed by atoms with E-state index >= 15 is 0 Å². The average Bonchev–Trinajstić information content (AvgIpc) is 2.93. The minimum Gasteiger partial charge on any atom is -0.284 e. The fraction of sp³-hybridized carbons (Fsp3) is 0. The lowest BCUT2D eigenvalue weighted by molar-refractivity contribution is -0.384. The molecule has 2 rings (SSSR count). The van der Waals surface area contributed by atoms with Crippen molar-refractivity contribution in [2.24, 2.45) is 0 Å². The van der Waals surface area contributed by atoms with Gasteiger partial charge < -0.3 is 0 Å². The van der Waals surface area contributed by atoms with Crippen LogP contribution >= 0.6 is 0 Å². The highest BCUT2D eigenvalue weighted by Crippen LogP contribution is 2.23. The first kappa shape index (κ1) is 13.5. The number of rotatable bonds is 4. The van der Waals surface area contributed by atoms with E-state index in [-0.39, 0.29) is 21.8 Å². The van der Waals surface area contributed by atoms with Gasteiger partial charge in [0.2, 0.25) is 0 Å². The summed E-state index contributed by atoms with van der Waals surface area (Å²) in [4.78, 5) is 9.81. The van der Waals surface area contributed by atoms with Crippen LogP contribution in [0.2, 0.25) is 0 Å². The quantitative estimate of drug-likeness (QED) is 0.635. The Hall–Kier alpha value is -2.93. The molecule has 2 aromatic rings. The number of nitriles is 1. The molecule has 0 amide bonds. The second kappa shape index (κ2) is 4.98. The molecule has 0 bridgehead atoms. The van der Waals surface area contributed by atoms with Gasteiger partial charge in [0.15, 0.2) is 0 Å². The number of aromatic amines is 1. The first-order valence-electron chi connectivity index (χ1n) is 5.14. The Kier molecular flexibility index (Phi) is 3.36. The van der Waals surface area contributed by atoms with Crippen LogP contribution in [0.15, 0.2) is 35.5 Å². The van der Waals surface area contributed by atoms with Crippen molar-refractivity contribution in [1.29, 1.82) is 5.26 Å².